The van der Waals surface area contributed by atoms with E-state index in [-0.39, 0.29) is 5.25 Å². The molecule has 68 valence electrons. The molecule has 1 rings (SSSR count). The number of allylic oxidation sites excluding steroid dienone is 1. The Balaban J connectivity index is 3.05. The first-order valence-corrected chi connectivity index (χ1v) is 6.80. The van der Waals surface area contributed by atoms with Gasteiger partial charge in [-0.1, -0.05) is 34.8 Å². The van der Waals surface area contributed by atoms with Gasteiger partial charge in [-0.2, -0.15) is 11.8 Å². The number of rotatable bonds is 2. The lowest BCUT2D eigenvalue weighted by Crippen LogP contribution is -1.97. The van der Waals surface area contributed by atoms with Crippen LogP contribution in [0.3, 0.4) is 0 Å². The van der Waals surface area contributed by atoms with E-state index in [2.05, 4.69) is 0 Å². The van der Waals surface area contributed by atoms with E-state index in [1.54, 1.807) is 11.8 Å². The third-order valence-corrected chi connectivity index (χ3v) is 5.09. The van der Waals surface area contributed by atoms with E-state index >= 15 is 0 Å². The van der Waals surface area contributed by atoms with Crippen molar-refractivity contribution in [2.45, 2.75) is 5.25 Å². The van der Waals surface area contributed by atoms with E-state index in [1.807, 2.05) is 12.5 Å². The molecule has 0 saturated heterocycles. The van der Waals surface area contributed by atoms with Gasteiger partial charge in [-0.05, 0) is 12.5 Å². The lowest BCUT2D eigenvalue weighted by atomic mass is 10.5. The van der Waals surface area contributed by atoms with Gasteiger partial charge < -0.3 is 0 Å². The Bertz CT molecular complexity index is 257. The smallest absolute Gasteiger partial charge is 0.0785 e. The molecule has 0 aromatic heterocycles. The van der Waals surface area contributed by atoms with Crippen molar-refractivity contribution in [2.24, 2.45) is 0 Å². The molecule has 0 aromatic carbocycles. The van der Waals surface area contributed by atoms with Gasteiger partial charge in [0.2, 0.25) is 0 Å². The molecule has 1 atom stereocenters. The fraction of sp³-hybridized carbons (Fsp3) is 0.429. The highest BCUT2D eigenvalue weighted by Gasteiger charge is 2.30. The van der Waals surface area contributed by atoms with Crippen LogP contribution in [0.2, 0.25) is 0 Å². The van der Waals surface area contributed by atoms with E-state index in [0.717, 1.165) is 9.94 Å². The third-order valence-electron chi connectivity index (χ3n) is 1.53. The van der Waals surface area contributed by atoms with Gasteiger partial charge in [0.15, 0.2) is 0 Å². The quantitative estimate of drug-likeness (QED) is 0.729. The lowest BCUT2D eigenvalue weighted by molar-refractivity contribution is 1.39. The van der Waals surface area contributed by atoms with Gasteiger partial charge in [0.25, 0.3) is 0 Å². The average molecular weight is 262 g/mol. The molecule has 12 heavy (non-hydrogen) atoms. The van der Waals surface area contributed by atoms with Gasteiger partial charge in [0.05, 0.1) is 20.3 Å². The highest BCUT2D eigenvalue weighted by molar-refractivity contribution is 8.03. The first-order chi connectivity index (χ1) is 5.63. The zero-order chi connectivity index (χ0) is 9.30. The summed E-state index contributed by atoms with van der Waals surface area (Å²) in [6.45, 7) is 0. The van der Waals surface area contributed by atoms with Crippen molar-refractivity contribution in [3.63, 3.8) is 0 Å². The van der Waals surface area contributed by atoms with Crippen LogP contribution < -0.4 is 0 Å². The van der Waals surface area contributed by atoms with Crippen molar-refractivity contribution in [3.8, 4) is 0 Å². The summed E-state index contributed by atoms with van der Waals surface area (Å²) in [5.74, 6) is 0. The molecule has 0 bridgehead atoms. The number of thioether (sulfide) groups is 2. The second-order valence-electron chi connectivity index (χ2n) is 2.16. The molecule has 0 radical (unpaired) electrons. The number of hydrogen-bond donors (Lipinski definition) is 0. The van der Waals surface area contributed by atoms with Crippen LogP contribution in [-0.4, -0.2) is 17.8 Å². The summed E-state index contributed by atoms with van der Waals surface area (Å²) in [5.41, 5.74) is 0. The molecule has 1 unspecified atom stereocenters. The fourth-order valence-electron chi connectivity index (χ4n) is 0.953. The molecule has 0 fully saturated rings. The van der Waals surface area contributed by atoms with E-state index in [1.165, 1.54) is 11.8 Å². The summed E-state index contributed by atoms with van der Waals surface area (Å²) in [6.07, 6.45) is 3.90. The minimum Gasteiger partial charge on any atom is -0.150 e. The predicted octanol–water partition coefficient (Wildman–Crippen LogP) is 4.23. The Labute approximate surface area is 95.7 Å². The largest absolute Gasteiger partial charge is 0.150 e. The maximum atomic E-state index is 6.06. The molecule has 0 aliphatic heterocycles. The fourth-order valence-corrected chi connectivity index (χ4v) is 4.12. The number of hydrogen-bond acceptors (Lipinski definition) is 2. The van der Waals surface area contributed by atoms with Crippen LogP contribution in [0, 0.1) is 0 Å². The maximum Gasteiger partial charge on any atom is 0.0785 e. The second kappa shape index (κ2) is 4.52. The summed E-state index contributed by atoms with van der Waals surface area (Å²) in [5, 5.41) is 2.06. The highest BCUT2D eigenvalue weighted by atomic mass is 35.5. The molecule has 0 amide bonds. The predicted molar refractivity (Wildman–Crippen MR) is 62.4 cm³/mol. The molecule has 0 N–H and O–H groups in total. The van der Waals surface area contributed by atoms with Crippen molar-refractivity contribution < 1.29 is 0 Å². The zero-order valence-corrected chi connectivity index (χ0v) is 10.4. The average Bonchev–Trinajstić information content (AvgIpc) is 2.25. The lowest BCUT2D eigenvalue weighted by Gasteiger charge is -2.06. The highest BCUT2D eigenvalue weighted by Crippen LogP contribution is 2.47. The van der Waals surface area contributed by atoms with Gasteiger partial charge in [-0.15, -0.1) is 11.8 Å². The normalized spacial score (nSPS) is 24.2. The minimum atomic E-state index is 0.0447. The molecule has 0 spiro atoms. The van der Waals surface area contributed by atoms with E-state index < -0.39 is 0 Å². The van der Waals surface area contributed by atoms with Gasteiger partial charge >= 0.3 is 0 Å². The molecular weight excluding hydrogens is 255 g/mol. The van der Waals surface area contributed by atoms with Crippen LogP contribution in [0.15, 0.2) is 20.0 Å². The Hall–Kier alpha value is 1.05. The molecule has 1 aliphatic rings. The first kappa shape index (κ1) is 11.1. The first-order valence-electron chi connectivity index (χ1n) is 3.15. The minimum absolute atomic E-state index is 0.0447. The van der Waals surface area contributed by atoms with Crippen molar-refractivity contribution in [2.75, 3.05) is 12.5 Å². The monoisotopic (exact) mass is 260 g/mol. The van der Waals surface area contributed by atoms with Crippen LogP contribution in [-0.2, 0) is 0 Å². The third kappa shape index (κ3) is 1.78. The molecular formula is C7H7Cl3S2. The van der Waals surface area contributed by atoms with Crippen LogP contribution in [0.25, 0.3) is 0 Å². The zero-order valence-electron chi connectivity index (χ0n) is 6.53. The Morgan fingerprint density at radius 2 is 1.67 bits per heavy atom. The molecule has 0 aromatic rings. The summed E-state index contributed by atoms with van der Waals surface area (Å²) in [7, 11) is 0. The summed E-state index contributed by atoms with van der Waals surface area (Å²) >= 11 is 21.1. The second-order valence-corrected chi connectivity index (χ2v) is 5.11. The van der Waals surface area contributed by atoms with Gasteiger partial charge in [0, 0.05) is 4.91 Å². The van der Waals surface area contributed by atoms with E-state index in [0.29, 0.717) is 10.1 Å². The molecule has 1 aliphatic carbocycles. The van der Waals surface area contributed by atoms with Gasteiger partial charge in [0.1, 0.15) is 0 Å². The van der Waals surface area contributed by atoms with Crippen molar-refractivity contribution >= 4 is 58.3 Å². The summed E-state index contributed by atoms with van der Waals surface area (Å²) in [6, 6.07) is 0. The summed E-state index contributed by atoms with van der Waals surface area (Å²) < 4.78 is 0. The van der Waals surface area contributed by atoms with Crippen LogP contribution in [0.1, 0.15) is 0 Å². The molecule has 5 heteroatoms. The van der Waals surface area contributed by atoms with Gasteiger partial charge in [-0.25, -0.2) is 0 Å². The van der Waals surface area contributed by atoms with Crippen molar-refractivity contribution in [1.29, 1.82) is 0 Å². The Morgan fingerprint density at radius 1 is 1.08 bits per heavy atom. The van der Waals surface area contributed by atoms with E-state index in [4.69, 9.17) is 34.8 Å². The van der Waals surface area contributed by atoms with Crippen molar-refractivity contribution in [3.05, 3.63) is 20.0 Å². The van der Waals surface area contributed by atoms with Gasteiger partial charge in [-0.3, -0.25) is 0 Å². The van der Waals surface area contributed by atoms with Crippen LogP contribution in [0.4, 0.5) is 0 Å². The Morgan fingerprint density at radius 3 is 1.92 bits per heavy atom. The summed E-state index contributed by atoms with van der Waals surface area (Å²) in [4.78, 5) is 0.905. The number of halogens is 3. The molecule has 0 nitrogen and oxygen atoms in total. The topological polar surface area (TPSA) is 0 Å². The molecule has 0 heterocycles. The maximum absolute atomic E-state index is 6.06. The van der Waals surface area contributed by atoms with Crippen molar-refractivity contribution in [1.82, 2.24) is 0 Å². The van der Waals surface area contributed by atoms with E-state index in [9.17, 15) is 0 Å². The van der Waals surface area contributed by atoms with Crippen LogP contribution >= 0.6 is 58.3 Å². The standard InChI is InChI=1S/C7H7Cl3S2/c1-11-6-3(8)4(9)7(12-2)5(6)10/h6H,1-2H3. The SMILES string of the molecule is CSC1=C(Cl)C(SC)C(Cl)=C1Cl. The Kier molecular flexibility index (Phi) is 4.19. The molecule has 0 saturated carbocycles. The van der Waals surface area contributed by atoms with Crippen LogP contribution in [0.5, 0.6) is 0 Å².